The smallest absolute Gasteiger partial charge is 0.276 e. The van der Waals surface area contributed by atoms with Gasteiger partial charge in [-0.25, -0.2) is 0 Å². The van der Waals surface area contributed by atoms with E-state index in [-0.39, 0.29) is 24.3 Å². The minimum Gasteiger partial charge on any atom is -0.484 e. The molecule has 2 N–H and O–H groups in total. The Morgan fingerprint density at radius 2 is 1.66 bits per heavy atom. The standard InChI is InChI=1S/C21H18ClN3O4/c22-17-9-6-15(7-10-17)12-25-13-16(8-11-20(25)27)21(28)24-23-19(26)14-29-18-4-2-1-3-5-18/h1-11,13H,12,14H2,(H,23,26)(H,24,28). The maximum atomic E-state index is 12.3. The summed E-state index contributed by atoms with van der Waals surface area (Å²) < 4.78 is 6.70. The number of aromatic nitrogens is 1. The first kappa shape index (κ1) is 20.2. The number of nitrogens with zero attached hydrogens (tertiary/aromatic N) is 1. The molecule has 3 rings (SSSR count). The molecule has 0 aliphatic rings. The fraction of sp³-hybridized carbons (Fsp3) is 0.0952. The molecule has 1 aromatic heterocycles. The van der Waals surface area contributed by atoms with Gasteiger partial charge in [0.15, 0.2) is 6.61 Å². The summed E-state index contributed by atoms with van der Waals surface area (Å²) >= 11 is 5.87. The second-order valence-corrected chi connectivity index (χ2v) is 6.55. The fourth-order valence-electron chi connectivity index (χ4n) is 2.48. The third-order valence-electron chi connectivity index (χ3n) is 3.94. The van der Waals surface area contributed by atoms with Crippen molar-refractivity contribution in [3.63, 3.8) is 0 Å². The lowest BCUT2D eigenvalue weighted by Gasteiger charge is -2.11. The molecule has 29 heavy (non-hydrogen) atoms. The first-order valence-corrected chi connectivity index (χ1v) is 9.11. The maximum absolute atomic E-state index is 12.3. The number of carbonyl (C=O) groups is 2. The Labute approximate surface area is 171 Å². The van der Waals surface area contributed by atoms with Crippen LogP contribution in [-0.2, 0) is 11.3 Å². The Balaban J connectivity index is 1.57. The van der Waals surface area contributed by atoms with Crippen LogP contribution in [0.2, 0.25) is 5.02 Å². The van der Waals surface area contributed by atoms with Crippen LogP contribution in [0, 0.1) is 0 Å². The number of rotatable bonds is 6. The second-order valence-electron chi connectivity index (χ2n) is 6.11. The molecule has 0 radical (unpaired) electrons. The molecule has 3 aromatic rings. The van der Waals surface area contributed by atoms with Crippen LogP contribution in [0.25, 0.3) is 0 Å². The molecule has 0 spiro atoms. The minimum atomic E-state index is -0.553. The van der Waals surface area contributed by atoms with E-state index in [1.807, 2.05) is 6.07 Å². The van der Waals surface area contributed by atoms with Crippen molar-refractivity contribution in [3.8, 4) is 5.75 Å². The van der Waals surface area contributed by atoms with Crippen molar-refractivity contribution < 1.29 is 14.3 Å². The van der Waals surface area contributed by atoms with Crippen LogP contribution in [0.4, 0.5) is 0 Å². The lowest BCUT2D eigenvalue weighted by atomic mass is 10.2. The summed E-state index contributed by atoms with van der Waals surface area (Å²) in [6.45, 7) is 0.0365. The average Bonchev–Trinajstić information content (AvgIpc) is 2.74. The highest BCUT2D eigenvalue weighted by Gasteiger charge is 2.10. The summed E-state index contributed by atoms with van der Waals surface area (Å²) in [7, 11) is 0. The van der Waals surface area contributed by atoms with Crippen molar-refractivity contribution in [2.45, 2.75) is 6.54 Å². The lowest BCUT2D eigenvalue weighted by Crippen LogP contribution is -2.44. The zero-order valence-electron chi connectivity index (χ0n) is 15.3. The third-order valence-corrected chi connectivity index (χ3v) is 4.19. The summed E-state index contributed by atoms with van der Waals surface area (Å²) in [4.78, 5) is 36.2. The van der Waals surface area contributed by atoms with Gasteiger partial charge >= 0.3 is 0 Å². The van der Waals surface area contributed by atoms with E-state index in [4.69, 9.17) is 16.3 Å². The minimum absolute atomic E-state index is 0.225. The highest BCUT2D eigenvalue weighted by Crippen LogP contribution is 2.10. The average molecular weight is 412 g/mol. The summed E-state index contributed by atoms with van der Waals surface area (Å²) in [5.74, 6) is -0.525. The Morgan fingerprint density at radius 1 is 0.931 bits per heavy atom. The van der Waals surface area contributed by atoms with E-state index < -0.39 is 11.8 Å². The molecule has 8 heteroatoms. The molecule has 0 unspecified atom stereocenters. The predicted molar refractivity (Wildman–Crippen MR) is 109 cm³/mol. The van der Waals surface area contributed by atoms with Crippen molar-refractivity contribution in [1.29, 1.82) is 0 Å². The van der Waals surface area contributed by atoms with Crippen LogP contribution in [0.15, 0.2) is 77.7 Å². The molecule has 0 aliphatic carbocycles. The lowest BCUT2D eigenvalue weighted by molar-refractivity contribution is -0.123. The van der Waals surface area contributed by atoms with Crippen molar-refractivity contribution >= 4 is 23.4 Å². The van der Waals surface area contributed by atoms with E-state index in [0.29, 0.717) is 10.8 Å². The third kappa shape index (κ3) is 5.95. The monoisotopic (exact) mass is 411 g/mol. The van der Waals surface area contributed by atoms with Gasteiger partial charge in [0.25, 0.3) is 17.4 Å². The van der Waals surface area contributed by atoms with Gasteiger partial charge in [-0.3, -0.25) is 25.2 Å². The van der Waals surface area contributed by atoms with Crippen LogP contribution in [0.1, 0.15) is 15.9 Å². The number of ether oxygens (including phenoxy) is 1. The van der Waals surface area contributed by atoms with Crippen molar-refractivity contribution in [2.75, 3.05) is 6.61 Å². The van der Waals surface area contributed by atoms with Gasteiger partial charge in [-0.2, -0.15) is 0 Å². The molecule has 7 nitrogen and oxygen atoms in total. The zero-order chi connectivity index (χ0) is 20.6. The largest absolute Gasteiger partial charge is 0.484 e. The van der Waals surface area contributed by atoms with Crippen LogP contribution >= 0.6 is 11.6 Å². The van der Waals surface area contributed by atoms with Crippen molar-refractivity contribution in [3.05, 3.63) is 99.4 Å². The van der Waals surface area contributed by atoms with Gasteiger partial charge in [0.1, 0.15) is 5.75 Å². The number of hydrazine groups is 1. The summed E-state index contributed by atoms with van der Waals surface area (Å²) in [6.07, 6.45) is 1.43. The molecule has 2 amide bonds. The number of para-hydroxylation sites is 1. The number of amides is 2. The Morgan fingerprint density at radius 3 is 2.38 bits per heavy atom. The Bertz CT molecular complexity index is 1050. The number of hydrogen-bond donors (Lipinski definition) is 2. The first-order chi connectivity index (χ1) is 14.0. The zero-order valence-corrected chi connectivity index (χ0v) is 16.1. The van der Waals surface area contributed by atoms with Crippen LogP contribution in [-0.4, -0.2) is 23.0 Å². The van der Waals surface area contributed by atoms with Gasteiger partial charge in [-0.15, -0.1) is 0 Å². The SMILES string of the molecule is O=C(COc1ccccc1)NNC(=O)c1ccc(=O)n(Cc2ccc(Cl)cc2)c1. The number of carbonyl (C=O) groups excluding carboxylic acids is 2. The van der Waals surface area contributed by atoms with Gasteiger partial charge in [-0.1, -0.05) is 41.9 Å². The predicted octanol–water partition coefficient (Wildman–Crippen LogP) is 2.39. The van der Waals surface area contributed by atoms with Crippen molar-refractivity contribution in [1.82, 2.24) is 15.4 Å². The molecule has 148 valence electrons. The van der Waals surface area contributed by atoms with Crippen LogP contribution in [0.3, 0.4) is 0 Å². The number of hydrogen-bond acceptors (Lipinski definition) is 4. The molecule has 0 aliphatic heterocycles. The Kier molecular flexibility index (Phi) is 6.65. The number of pyridine rings is 1. The van der Waals surface area contributed by atoms with E-state index >= 15 is 0 Å². The number of halogens is 1. The van der Waals surface area contributed by atoms with Gasteiger partial charge in [0, 0.05) is 17.3 Å². The molecular formula is C21H18ClN3O4. The molecule has 0 bridgehead atoms. The quantitative estimate of drug-likeness (QED) is 0.609. The van der Waals surface area contributed by atoms with Crippen LogP contribution < -0.4 is 21.1 Å². The van der Waals surface area contributed by atoms with Gasteiger partial charge in [0.2, 0.25) is 0 Å². The first-order valence-electron chi connectivity index (χ1n) is 8.73. The summed E-state index contributed by atoms with van der Waals surface area (Å²) in [6, 6.07) is 18.6. The molecule has 0 saturated carbocycles. The molecule has 1 heterocycles. The summed E-state index contributed by atoms with van der Waals surface area (Å²) in [5, 5.41) is 0.598. The number of benzene rings is 2. The number of nitrogens with one attached hydrogen (secondary N) is 2. The van der Waals surface area contributed by atoms with Gasteiger partial charge in [-0.05, 0) is 35.9 Å². The Hall–Kier alpha value is -3.58. The molecule has 0 fully saturated rings. The van der Waals surface area contributed by atoms with E-state index in [1.54, 1.807) is 48.5 Å². The van der Waals surface area contributed by atoms with E-state index in [2.05, 4.69) is 10.9 Å². The van der Waals surface area contributed by atoms with Crippen molar-refractivity contribution in [2.24, 2.45) is 0 Å². The topological polar surface area (TPSA) is 89.4 Å². The fourth-order valence-corrected chi connectivity index (χ4v) is 2.60. The molecule has 0 atom stereocenters. The van der Waals surface area contributed by atoms with E-state index in [1.165, 1.54) is 22.9 Å². The molecule has 0 saturated heterocycles. The van der Waals surface area contributed by atoms with Crippen LogP contribution in [0.5, 0.6) is 5.75 Å². The molecular weight excluding hydrogens is 394 g/mol. The van der Waals surface area contributed by atoms with E-state index in [0.717, 1.165) is 5.56 Å². The second kappa shape index (κ2) is 9.57. The van der Waals surface area contributed by atoms with Gasteiger partial charge < -0.3 is 9.30 Å². The highest BCUT2D eigenvalue weighted by molar-refractivity contribution is 6.30. The summed E-state index contributed by atoms with van der Waals surface area (Å²) in [5.41, 5.74) is 5.41. The molecule has 2 aromatic carbocycles. The van der Waals surface area contributed by atoms with E-state index in [9.17, 15) is 14.4 Å². The highest BCUT2D eigenvalue weighted by atomic mass is 35.5. The van der Waals surface area contributed by atoms with Gasteiger partial charge in [0.05, 0.1) is 12.1 Å². The maximum Gasteiger partial charge on any atom is 0.276 e. The normalized spacial score (nSPS) is 10.2.